The van der Waals surface area contributed by atoms with Crippen LogP contribution in [0.5, 0.6) is 17.2 Å². The number of aromatic hydroxyl groups is 1. The summed E-state index contributed by atoms with van der Waals surface area (Å²) in [5, 5.41) is 24.8. The number of benzene rings is 2. The first kappa shape index (κ1) is 20.3. The highest BCUT2D eigenvalue weighted by Gasteiger charge is 2.23. The molecule has 2 amide bonds. The lowest BCUT2D eigenvalue weighted by molar-refractivity contribution is -0.124. The fourth-order valence-electron chi connectivity index (χ4n) is 3.17. The molecule has 3 aromatic rings. The van der Waals surface area contributed by atoms with Crippen LogP contribution in [0.1, 0.15) is 15.9 Å². The number of carbonyl (C=O) groups excluding carboxylic acids is 2. The van der Waals surface area contributed by atoms with Crippen molar-refractivity contribution in [3.63, 3.8) is 0 Å². The molecule has 1 aliphatic heterocycles. The van der Waals surface area contributed by atoms with Crippen molar-refractivity contribution in [2.24, 2.45) is 0 Å². The predicted octanol–water partition coefficient (Wildman–Crippen LogP) is 1.32. The van der Waals surface area contributed by atoms with Crippen LogP contribution in [-0.4, -0.2) is 46.0 Å². The number of phenolic OH excluding ortho intramolecular Hbond substituents is 1. The number of aromatic nitrogens is 1. The molecule has 0 fully saturated rings. The van der Waals surface area contributed by atoms with Gasteiger partial charge in [0.25, 0.3) is 5.91 Å². The minimum absolute atomic E-state index is 0.00628. The highest BCUT2D eigenvalue weighted by Crippen LogP contribution is 2.32. The number of aliphatic hydroxyl groups excluding tert-OH is 1. The second-order valence-corrected chi connectivity index (χ2v) is 6.91. The molecule has 31 heavy (non-hydrogen) atoms. The summed E-state index contributed by atoms with van der Waals surface area (Å²) < 4.78 is 12.3. The molecule has 4 N–H and O–H groups in total. The number of hydrogen-bond donors (Lipinski definition) is 4. The van der Waals surface area contributed by atoms with Gasteiger partial charge in [-0.2, -0.15) is 0 Å². The van der Waals surface area contributed by atoms with Crippen LogP contribution >= 0.6 is 0 Å². The zero-order chi connectivity index (χ0) is 21.8. The summed E-state index contributed by atoms with van der Waals surface area (Å²) >= 11 is 0. The molecule has 4 rings (SSSR count). The molecule has 2 aromatic carbocycles. The summed E-state index contributed by atoms with van der Waals surface area (Å²) in [5.74, 6) is -0.237. The second-order valence-electron chi connectivity index (χ2n) is 6.91. The van der Waals surface area contributed by atoms with Crippen LogP contribution < -0.4 is 20.1 Å². The van der Waals surface area contributed by atoms with Crippen LogP contribution in [-0.2, 0) is 11.3 Å². The minimum atomic E-state index is -1.18. The van der Waals surface area contributed by atoms with Crippen LogP contribution in [0, 0.1) is 0 Å². The third-order valence-electron chi connectivity index (χ3n) is 4.84. The molecule has 0 bridgehead atoms. The largest absolute Gasteiger partial charge is 0.507 e. The third-order valence-corrected chi connectivity index (χ3v) is 4.84. The highest BCUT2D eigenvalue weighted by atomic mass is 16.7. The van der Waals surface area contributed by atoms with Crippen LogP contribution in [0.25, 0.3) is 5.69 Å². The van der Waals surface area contributed by atoms with Gasteiger partial charge in [0.1, 0.15) is 11.8 Å². The van der Waals surface area contributed by atoms with Crippen LogP contribution in [0.4, 0.5) is 0 Å². The number of nitrogens with one attached hydrogen (secondary N) is 2. The van der Waals surface area contributed by atoms with Crippen LogP contribution in [0.2, 0.25) is 0 Å². The minimum Gasteiger partial charge on any atom is -0.507 e. The van der Waals surface area contributed by atoms with E-state index >= 15 is 0 Å². The van der Waals surface area contributed by atoms with Gasteiger partial charge >= 0.3 is 0 Å². The first-order chi connectivity index (χ1) is 15.0. The average molecular weight is 423 g/mol. The fourth-order valence-corrected chi connectivity index (χ4v) is 3.17. The number of carbonyl (C=O) groups is 2. The third kappa shape index (κ3) is 4.46. The Kier molecular flexibility index (Phi) is 5.76. The quantitative estimate of drug-likeness (QED) is 0.455. The van der Waals surface area contributed by atoms with E-state index in [4.69, 9.17) is 9.47 Å². The number of phenols is 1. The summed E-state index contributed by atoms with van der Waals surface area (Å²) in [6, 6.07) is 12.3. The highest BCUT2D eigenvalue weighted by molar-refractivity contribution is 6.00. The molecule has 160 valence electrons. The van der Waals surface area contributed by atoms with Gasteiger partial charge in [-0.3, -0.25) is 9.59 Å². The van der Waals surface area contributed by atoms with Gasteiger partial charge in [0, 0.05) is 24.6 Å². The molecule has 0 spiro atoms. The van der Waals surface area contributed by atoms with E-state index in [0.29, 0.717) is 17.2 Å². The van der Waals surface area contributed by atoms with Crippen molar-refractivity contribution in [3.05, 3.63) is 72.1 Å². The van der Waals surface area contributed by atoms with Crippen molar-refractivity contribution in [3.8, 4) is 22.9 Å². The van der Waals surface area contributed by atoms with E-state index in [1.165, 1.54) is 12.1 Å². The van der Waals surface area contributed by atoms with Gasteiger partial charge in [0.05, 0.1) is 12.2 Å². The molecular weight excluding hydrogens is 402 g/mol. The maximum absolute atomic E-state index is 12.7. The van der Waals surface area contributed by atoms with E-state index in [2.05, 4.69) is 10.6 Å². The Labute approximate surface area is 177 Å². The number of ether oxygens (including phenoxy) is 2. The van der Waals surface area contributed by atoms with E-state index in [1.54, 1.807) is 41.2 Å². The van der Waals surface area contributed by atoms with Crippen molar-refractivity contribution in [1.29, 1.82) is 0 Å². The summed E-state index contributed by atoms with van der Waals surface area (Å²) in [6.07, 6.45) is 3.60. The van der Waals surface area contributed by atoms with Gasteiger partial charge in [-0.05, 0) is 48.0 Å². The number of amides is 2. The van der Waals surface area contributed by atoms with Crippen molar-refractivity contribution in [2.75, 3.05) is 13.4 Å². The average Bonchev–Trinajstić information content (AvgIpc) is 3.47. The number of fused-ring (bicyclic) bond motifs is 1. The summed E-state index contributed by atoms with van der Waals surface area (Å²) in [4.78, 5) is 25.1. The zero-order valence-electron chi connectivity index (χ0n) is 16.4. The van der Waals surface area contributed by atoms with E-state index < -0.39 is 24.5 Å². The number of aliphatic hydroxyl groups is 1. The lowest BCUT2D eigenvalue weighted by Crippen LogP contribution is -2.48. The maximum Gasteiger partial charge on any atom is 0.255 e. The monoisotopic (exact) mass is 423 g/mol. The predicted molar refractivity (Wildman–Crippen MR) is 110 cm³/mol. The standard InChI is InChI=1S/C22H21N3O6/c26-12-17(22(29)23-11-14-3-6-19-20(9-14)31-13-30-19)24-21(28)16-10-15(4-5-18(16)27)25-7-1-2-8-25/h1-10,17,26-27H,11-13H2,(H,23,29)(H,24,28)/t17-/m0/s1. The normalized spacial score (nSPS) is 12.9. The Morgan fingerprint density at radius 3 is 2.61 bits per heavy atom. The van der Waals surface area contributed by atoms with Gasteiger partial charge in [-0.15, -0.1) is 0 Å². The first-order valence-electron chi connectivity index (χ1n) is 9.59. The molecule has 0 saturated heterocycles. The Bertz CT molecular complexity index is 1100. The zero-order valence-corrected chi connectivity index (χ0v) is 16.4. The Morgan fingerprint density at radius 1 is 1.06 bits per heavy atom. The molecular formula is C22H21N3O6. The smallest absolute Gasteiger partial charge is 0.255 e. The molecule has 1 atom stereocenters. The van der Waals surface area contributed by atoms with Crippen molar-refractivity contribution >= 4 is 11.8 Å². The molecule has 0 aliphatic carbocycles. The molecule has 9 heteroatoms. The van der Waals surface area contributed by atoms with Crippen LogP contribution in [0.3, 0.4) is 0 Å². The number of nitrogens with zero attached hydrogens (tertiary/aromatic N) is 1. The van der Waals surface area contributed by atoms with Crippen molar-refractivity contribution < 1.29 is 29.3 Å². The molecule has 0 radical (unpaired) electrons. The summed E-state index contributed by atoms with van der Waals surface area (Å²) in [5.41, 5.74) is 1.44. The van der Waals surface area contributed by atoms with E-state index in [0.717, 1.165) is 5.56 Å². The van der Waals surface area contributed by atoms with Gasteiger partial charge in [-0.25, -0.2) is 0 Å². The van der Waals surface area contributed by atoms with Gasteiger partial charge in [0.15, 0.2) is 11.5 Å². The fraction of sp³-hybridized carbons (Fsp3) is 0.182. The molecule has 1 aliphatic rings. The molecule has 9 nitrogen and oxygen atoms in total. The molecule has 0 unspecified atom stereocenters. The molecule has 2 heterocycles. The Morgan fingerprint density at radius 2 is 1.84 bits per heavy atom. The van der Waals surface area contributed by atoms with Crippen molar-refractivity contribution in [1.82, 2.24) is 15.2 Å². The topological polar surface area (TPSA) is 122 Å². The van der Waals surface area contributed by atoms with Crippen LogP contribution in [0.15, 0.2) is 60.9 Å². The molecule has 0 saturated carbocycles. The lowest BCUT2D eigenvalue weighted by atomic mass is 10.1. The summed E-state index contributed by atoms with van der Waals surface area (Å²) in [7, 11) is 0. The van der Waals surface area contributed by atoms with E-state index in [-0.39, 0.29) is 24.7 Å². The van der Waals surface area contributed by atoms with E-state index in [9.17, 15) is 19.8 Å². The van der Waals surface area contributed by atoms with Gasteiger partial charge in [0.2, 0.25) is 12.7 Å². The number of rotatable bonds is 7. The Hall–Kier alpha value is -3.98. The number of hydrogen-bond acceptors (Lipinski definition) is 6. The van der Waals surface area contributed by atoms with E-state index in [1.807, 2.05) is 12.1 Å². The maximum atomic E-state index is 12.7. The second kappa shape index (κ2) is 8.80. The summed E-state index contributed by atoms with van der Waals surface area (Å²) in [6.45, 7) is -0.269. The first-order valence-corrected chi connectivity index (χ1v) is 9.59. The lowest BCUT2D eigenvalue weighted by Gasteiger charge is -2.17. The Balaban J connectivity index is 1.40. The SMILES string of the molecule is O=C(N[C@@H](CO)C(=O)NCc1ccc2c(c1)OCO2)c1cc(-n2cccc2)ccc1O. The van der Waals surface area contributed by atoms with Crippen molar-refractivity contribution in [2.45, 2.75) is 12.6 Å². The van der Waals surface area contributed by atoms with Gasteiger partial charge in [-0.1, -0.05) is 6.07 Å². The molecule has 1 aromatic heterocycles. The van der Waals surface area contributed by atoms with Gasteiger partial charge < -0.3 is 34.9 Å².